The molecule has 0 bridgehead atoms. The van der Waals surface area contributed by atoms with Gasteiger partial charge < -0.3 is 14.2 Å². The van der Waals surface area contributed by atoms with Gasteiger partial charge in [-0.15, -0.1) is 11.3 Å². The number of hydrogen-bond donors (Lipinski definition) is 1. The van der Waals surface area contributed by atoms with Crippen molar-refractivity contribution in [2.24, 2.45) is 0 Å². The van der Waals surface area contributed by atoms with Gasteiger partial charge in [-0.2, -0.15) is 0 Å². The topological polar surface area (TPSA) is 104 Å². The Hall–Kier alpha value is -2.94. The molecule has 2 aromatic rings. The number of benzene rings is 1. The van der Waals surface area contributed by atoms with E-state index in [4.69, 9.17) is 14.2 Å². The second-order valence-electron chi connectivity index (χ2n) is 6.41. The summed E-state index contributed by atoms with van der Waals surface area (Å²) in [6.45, 7) is 1.31. The molecule has 0 aliphatic heterocycles. The molecule has 1 aromatic heterocycles. The van der Waals surface area contributed by atoms with Gasteiger partial charge in [0.05, 0.1) is 18.7 Å². The summed E-state index contributed by atoms with van der Waals surface area (Å²) in [5.41, 5.74) is 3.08. The summed E-state index contributed by atoms with van der Waals surface area (Å²) in [5.74, 6) is -0.923. The highest BCUT2D eigenvalue weighted by Crippen LogP contribution is 2.26. The summed E-state index contributed by atoms with van der Waals surface area (Å²) < 4.78 is 15.2. The zero-order valence-corrected chi connectivity index (χ0v) is 16.9. The van der Waals surface area contributed by atoms with Crippen molar-refractivity contribution < 1.29 is 28.6 Å². The van der Waals surface area contributed by atoms with Crippen molar-refractivity contribution in [3.8, 4) is 5.75 Å². The maximum atomic E-state index is 11.9. The van der Waals surface area contributed by atoms with Crippen LogP contribution in [0.1, 0.15) is 30.2 Å². The zero-order valence-electron chi connectivity index (χ0n) is 16.1. The molecule has 0 saturated carbocycles. The van der Waals surface area contributed by atoms with Crippen molar-refractivity contribution in [1.29, 1.82) is 0 Å². The van der Waals surface area contributed by atoms with Crippen LogP contribution in [0, 0.1) is 0 Å². The number of aryl methyl sites for hydroxylation is 2. The standard InChI is InChI=1S/C20H22N2O6S/c1-2-26-18(24)9-15-12-29-20(21-15)22-17(23)10-28-19(25)11-27-16-7-6-13-4-3-5-14(13)8-16/h6-8,12H,2-5,9-11H2,1H3,(H,21,22,23). The molecule has 8 nitrogen and oxygen atoms in total. The zero-order chi connectivity index (χ0) is 20.6. The van der Waals surface area contributed by atoms with E-state index in [2.05, 4.69) is 10.3 Å². The maximum Gasteiger partial charge on any atom is 0.344 e. The Morgan fingerprint density at radius 3 is 2.76 bits per heavy atom. The van der Waals surface area contributed by atoms with E-state index in [0.717, 1.165) is 19.3 Å². The van der Waals surface area contributed by atoms with Gasteiger partial charge in [0.1, 0.15) is 5.75 Å². The number of rotatable bonds is 9. The molecule has 1 aliphatic rings. The molecule has 0 spiro atoms. The summed E-state index contributed by atoms with van der Waals surface area (Å²) in [6, 6.07) is 5.79. The number of nitrogens with zero attached hydrogens (tertiary/aromatic N) is 1. The van der Waals surface area contributed by atoms with E-state index in [0.29, 0.717) is 23.2 Å². The maximum absolute atomic E-state index is 11.9. The van der Waals surface area contributed by atoms with Crippen LogP contribution in [0.15, 0.2) is 23.6 Å². The molecule has 1 aromatic carbocycles. The highest BCUT2D eigenvalue weighted by Gasteiger charge is 2.14. The van der Waals surface area contributed by atoms with Gasteiger partial charge >= 0.3 is 11.9 Å². The Labute approximate surface area is 172 Å². The Balaban J connectivity index is 1.37. The molecular weight excluding hydrogens is 396 g/mol. The lowest BCUT2D eigenvalue weighted by molar-refractivity contribution is -0.149. The number of carbonyl (C=O) groups is 3. The number of esters is 2. The number of carbonyl (C=O) groups excluding carboxylic acids is 3. The fraction of sp³-hybridized carbons (Fsp3) is 0.400. The van der Waals surface area contributed by atoms with Crippen LogP contribution in [0.25, 0.3) is 0 Å². The molecule has 3 rings (SSSR count). The Kier molecular flexibility index (Phi) is 7.18. The van der Waals surface area contributed by atoms with Crippen LogP contribution < -0.4 is 10.1 Å². The molecule has 1 N–H and O–H groups in total. The fourth-order valence-corrected chi connectivity index (χ4v) is 3.66. The highest BCUT2D eigenvalue weighted by molar-refractivity contribution is 7.13. The van der Waals surface area contributed by atoms with Crippen molar-refractivity contribution in [2.75, 3.05) is 25.1 Å². The molecular formula is C20H22N2O6S. The average molecular weight is 418 g/mol. The van der Waals surface area contributed by atoms with E-state index in [1.807, 2.05) is 18.2 Å². The van der Waals surface area contributed by atoms with Crippen LogP contribution >= 0.6 is 11.3 Å². The minimum absolute atomic E-state index is 0.0369. The summed E-state index contributed by atoms with van der Waals surface area (Å²) in [4.78, 5) is 39.3. The van der Waals surface area contributed by atoms with Crippen LogP contribution in [0.4, 0.5) is 5.13 Å². The number of aromatic nitrogens is 1. The predicted octanol–water partition coefficient (Wildman–Crippen LogP) is 2.30. The average Bonchev–Trinajstić information content (AvgIpc) is 3.33. The van der Waals surface area contributed by atoms with E-state index in [-0.39, 0.29) is 19.0 Å². The van der Waals surface area contributed by atoms with Gasteiger partial charge in [-0.05, 0) is 49.4 Å². The number of anilines is 1. The van der Waals surface area contributed by atoms with Crippen LogP contribution in [0.2, 0.25) is 0 Å². The van der Waals surface area contributed by atoms with E-state index in [1.165, 1.54) is 22.5 Å². The lowest BCUT2D eigenvalue weighted by Gasteiger charge is -2.08. The van der Waals surface area contributed by atoms with Gasteiger partial charge in [-0.25, -0.2) is 9.78 Å². The number of hydrogen-bond acceptors (Lipinski definition) is 8. The lowest BCUT2D eigenvalue weighted by Crippen LogP contribution is -2.23. The quantitative estimate of drug-likeness (QED) is 0.623. The number of ether oxygens (including phenoxy) is 3. The first-order chi connectivity index (χ1) is 14.0. The van der Waals surface area contributed by atoms with E-state index < -0.39 is 18.5 Å². The summed E-state index contributed by atoms with van der Waals surface area (Å²) >= 11 is 1.17. The van der Waals surface area contributed by atoms with Crippen molar-refractivity contribution in [3.63, 3.8) is 0 Å². The second kappa shape index (κ2) is 10.0. The normalized spacial score (nSPS) is 12.2. The molecule has 29 heavy (non-hydrogen) atoms. The van der Waals surface area contributed by atoms with Crippen molar-refractivity contribution >= 4 is 34.3 Å². The molecule has 0 saturated heterocycles. The van der Waals surface area contributed by atoms with Crippen LogP contribution in [0.3, 0.4) is 0 Å². The van der Waals surface area contributed by atoms with Gasteiger partial charge in [-0.1, -0.05) is 6.07 Å². The SMILES string of the molecule is CCOC(=O)Cc1csc(NC(=O)COC(=O)COc2ccc3c(c2)CCC3)n1. The summed E-state index contributed by atoms with van der Waals surface area (Å²) in [6.07, 6.45) is 3.28. The molecule has 0 fully saturated rings. The van der Waals surface area contributed by atoms with Crippen molar-refractivity contribution in [3.05, 3.63) is 40.4 Å². The minimum atomic E-state index is -0.636. The smallest absolute Gasteiger partial charge is 0.344 e. The molecule has 9 heteroatoms. The Morgan fingerprint density at radius 1 is 1.10 bits per heavy atom. The molecule has 0 atom stereocenters. The first kappa shape index (κ1) is 20.8. The van der Waals surface area contributed by atoms with Crippen LogP contribution in [-0.2, 0) is 43.1 Å². The van der Waals surface area contributed by atoms with E-state index >= 15 is 0 Å². The van der Waals surface area contributed by atoms with E-state index in [9.17, 15) is 14.4 Å². The van der Waals surface area contributed by atoms with Gasteiger partial charge in [0.2, 0.25) is 0 Å². The first-order valence-corrected chi connectivity index (χ1v) is 10.2. The van der Waals surface area contributed by atoms with Gasteiger partial charge in [0, 0.05) is 5.38 Å². The number of fused-ring (bicyclic) bond motifs is 1. The predicted molar refractivity (Wildman–Crippen MR) is 106 cm³/mol. The second-order valence-corrected chi connectivity index (χ2v) is 7.27. The third kappa shape index (κ3) is 6.28. The largest absolute Gasteiger partial charge is 0.482 e. The Bertz CT molecular complexity index is 895. The summed E-state index contributed by atoms with van der Waals surface area (Å²) in [7, 11) is 0. The number of thiazole rings is 1. The fourth-order valence-electron chi connectivity index (χ4n) is 2.93. The molecule has 0 unspecified atom stereocenters. The molecule has 1 heterocycles. The highest BCUT2D eigenvalue weighted by atomic mass is 32.1. The number of amides is 1. The Morgan fingerprint density at radius 2 is 1.93 bits per heavy atom. The van der Waals surface area contributed by atoms with Crippen molar-refractivity contribution in [2.45, 2.75) is 32.6 Å². The molecule has 154 valence electrons. The number of nitrogens with one attached hydrogen (secondary N) is 1. The molecule has 1 aliphatic carbocycles. The lowest BCUT2D eigenvalue weighted by atomic mass is 10.1. The third-order valence-corrected chi connectivity index (χ3v) is 5.03. The third-order valence-electron chi connectivity index (χ3n) is 4.22. The minimum Gasteiger partial charge on any atom is -0.482 e. The summed E-state index contributed by atoms with van der Waals surface area (Å²) in [5, 5.41) is 4.50. The van der Waals surface area contributed by atoms with E-state index in [1.54, 1.807) is 12.3 Å². The van der Waals surface area contributed by atoms with Gasteiger partial charge in [0.25, 0.3) is 5.91 Å². The van der Waals surface area contributed by atoms with Gasteiger partial charge in [-0.3, -0.25) is 14.9 Å². The van der Waals surface area contributed by atoms with Crippen LogP contribution in [-0.4, -0.2) is 42.7 Å². The first-order valence-electron chi connectivity index (χ1n) is 9.33. The molecule has 0 radical (unpaired) electrons. The van der Waals surface area contributed by atoms with Crippen molar-refractivity contribution in [1.82, 2.24) is 4.98 Å². The van der Waals surface area contributed by atoms with Gasteiger partial charge in [0.15, 0.2) is 18.3 Å². The monoisotopic (exact) mass is 418 g/mol. The molecule has 1 amide bonds. The van der Waals surface area contributed by atoms with Crippen LogP contribution in [0.5, 0.6) is 5.75 Å².